The molecule has 0 aliphatic carbocycles. The van der Waals surface area contributed by atoms with Crippen LogP contribution in [0.4, 0.5) is 0 Å². The van der Waals surface area contributed by atoms with E-state index < -0.39 is 0 Å². The SMILES string of the molecule is CCC(Cl)CCNC(=O)c1ocnc1C. The molecule has 84 valence electrons. The van der Waals surface area contributed by atoms with Gasteiger partial charge in [-0.3, -0.25) is 4.79 Å². The van der Waals surface area contributed by atoms with Crippen molar-refractivity contribution in [3.8, 4) is 0 Å². The van der Waals surface area contributed by atoms with Crippen LogP contribution in [0.25, 0.3) is 0 Å². The van der Waals surface area contributed by atoms with Crippen LogP contribution < -0.4 is 5.32 Å². The normalized spacial score (nSPS) is 12.5. The molecule has 1 atom stereocenters. The average molecular weight is 231 g/mol. The zero-order valence-electron chi connectivity index (χ0n) is 8.92. The van der Waals surface area contributed by atoms with Crippen molar-refractivity contribution in [2.24, 2.45) is 0 Å². The van der Waals surface area contributed by atoms with E-state index in [1.807, 2.05) is 6.92 Å². The fraction of sp³-hybridized carbons (Fsp3) is 0.600. The lowest BCUT2D eigenvalue weighted by Crippen LogP contribution is -2.26. The highest BCUT2D eigenvalue weighted by molar-refractivity contribution is 6.20. The molecule has 0 saturated carbocycles. The molecule has 1 heterocycles. The number of oxazole rings is 1. The Morgan fingerprint density at radius 3 is 3.00 bits per heavy atom. The molecule has 15 heavy (non-hydrogen) atoms. The number of carbonyl (C=O) groups excluding carboxylic acids is 1. The maximum Gasteiger partial charge on any atom is 0.288 e. The van der Waals surface area contributed by atoms with Crippen LogP contribution >= 0.6 is 11.6 Å². The van der Waals surface area contributed by atoms with Crippen molar-refractivity contribution in [2.75, 3.05) is 6.54 Å². The van der Waals surface area contributed by atoms with E-state index in [-0.39, 0.29) is 17.0 Å². The quantitative estimate of drug-likeness (QED) is 0.789. The number of halogens is 1. The highest BCUT2D eigenvalue weighted by atomic mass is 35.5. The first-order valence-electron chi connectivity index (χ1n) is 4.97. The van der Waals surface area contributed by atoms with Crippen molar-refractivity contribution >= 4 is 17.5 Å². The Morgan fingerprint density at radius 2 is 2.47 bits per heavy atom. The monoisotopic (exact) mass is 230 g/mol. The summed E-state index contributed by atoms with van der Waals surface area (Å²) in [7, 11) is 0. The number of rotatable bonds is 5. The Kier molecular flexibility index (Phi) is 4.62. The molecule has 5 heteroatoms. The summed E-state index contributed by atoms with van der Waals surface area (Å²) >= 11 is 5.92. The number of hydrogen-bond acceptors (Lipinski definition) is 3. The van der Waals surface area contributed by atoms with Gasteiger partial charge in [-0.25, -0.2) is 4.98 Å². The van der Waals surface area contributed by atoms with Gasteiger partial charge in [0.25, 0.3) is 5.91 Å². The van der Waals surface area contributed by atoms with Crippen molar-refractivity contribution in [3.63, 3.8) is 0 Å². The second-order valence-electron chi connectivity index (χ2n) is 3.32. The van der Waals surface area contributed by atoms with Crippen molar-refractivity contribution < 1.29 is 9.21 Å². The summed E-state index contributed by atoms with van der Waals surface area (Å²) in [5.41, 5.74) is 0.602. The summed E-state index contributed by atoms with van der Waals surface area (Å²) in [6.07, 6.45) is 2.93. The van der Waals surface area contributed by atoms with Crippen LogP contribution in [0.2, 0.25) is 0 Å². The van der Waals surface area contributed by atoms with Gasteiger partial charge in [0.05, 0.1) is 5.69 Å². The summed E-state index contributed by atoms with van der Waals surface area (Å²) in [6.45, 7) is 4.30. The Balaban J connectivity index is 2.34. The summed E-state index contributed by atoms with van der Waals surface area (Å²) in [5.74, 6) is 0.0441. The number of nitrogens with one attached hydrogen (secondary N) is 1. The van der Waals surface area contributed by atoms with E-state index >= 15 is 0 Å². The van der Waals surface area contributed by atoms with Crippen LogP contribution in [-0.2, 0) is 0 Å². The van der Waals surface area contributed by atoms with Crippen LogP contribution in [0.15, 0.2) is 10.8 Å². The zero-order chi connectivity index (χ0) is 11.3. The summed E-state index contributed by atoms with van der Waals surface area (Å²) < 4.78 is 4.95. The second kappa shape index (κ2) is 5.75. The molecule has 1 unspecified atom stereocenters. The van der Waals surface area contributed by atoms with Crippen LogP contribution in [0.3, 0.4) is 0 Å². The topological polar surface area (TPSA) is 55.1 Å². The third kappa shape index (κ3) is 3.55. The van der Waals surface area contributed by atoms with E-state index in [1.165, 1.54) is 6.39 Å². The molecule has 0 saturated heterocycles. The molecule has 0 radical (unpaired) electrons. The highest BCUT2D eigenvalue weighted by Gasteiger charge is 2.13. The Bertz CT molecular complexity index is 325. The van der Waals surface area contributed by atoms with Gasteiger partial charge in [0, 0.05) is 11.9 Å². The molecule has 1 amide bonds. The lowest BCUT2D eigenvalue weighted by atomic mass is 10.2. The molecule has 1 N–H and O–H groups in total. The largest absolute Gasteiger partial charge is 0.438 e. The number of aryl methyl sites for hydroxylation is 1. The number of amides is 1. The molecule has 0 spiro atoms. The average Bonchev–Trinajstić information content (AvgIpc) is 2.64. The molecule has 0 aromatic carbocycles. The fourth-order valence-electron chi connectivity index (χ4n) is 1.15. The summed E-state index contributed by atoms with van der Waals surface area (Å²) in [6, 6.07) is 0. The predicted molar refractivity (Wildman–Crippen MR) is 58.1 cm³/mol. The number of carbonyl (C=O) groups is 1. The molecule has 0 aliphatic heterocycles. The first-order valence-corrected chi connectivity index (χ1v) is 5.41. The Morgan fingerprint density at radius 1 is 1.73 bits per heavy atom. The first-order chi connectivity index (χ1) is 7.15. The van der Waals surface area contributed by atoms with Crippen molar-refractivity contribution in [1.82, 2.24) is 10.3 Å². The molecular weight excluding hydrogens is 216 g/mol. The maximum absolute atomic E-state index is 11.5. The smallest absolute Gasteiger partial charge is 0.288 e. The van der Waals surface area contributed by atoms with Crippen molar-refractivity contribution in [2.45, 2.75) is 32.1 Å². The van der Waals surface area contributed by atoms with Crippen LogP contribution in [0.1, 0.15) is 36.0 Å². The number of nitrogens with zero attached hydrogens (tertiary/aromatic N) is 1. The lowest BCUT2D eigenvalue weighted by molar-refractivity contribution is 0.0924. The van der Waals surface area contributed by atoms with Gasteiger partial charge in [-0.15, -0.1) is 11.6 Å². The minimum atomic E-state index is -0.232. The molecule has 1 aromatic rings. The maximum atomic E-state index is 11.5. The minimum absolute atomic E-state index is 0.112. The van der Waals surface area contributed by atoms with Gasteiger partial charge >= 0.3 is 0 Å². The van der Waals surface area contributed by atoms with Crippen molar-refractivity contribution in [1.29, 1.82) is 0 Å². The zero-order valence-corrected chi connectivity index (χ0v) is 9.67. The van der Waals surface area contributed by atoms with E-state index in [0.29, 0.717) is 12.2 Å². The van der Waals surface area contributed by atoms with Crippen LogP contribution in [0.5, 0.6) is 0 Å². The summed E-state index contributed by atoms with van der Waals surface area (Å²) in [5, 5.41) is 2.85. The van der Waals surface area contributed by atoms with Gasteiger partial charge in [0.2, 0.25) is 5.76 Å². The Hall–Kier alpha value is -1.03. The molecule has 0 bridgehead atoms. The summed E-state index contributed by atoms with van der Waals surface area (Å²) in [4.78, 5) is 15.4. The van der Waals surface area contributed by atoms with Gasteiger partial charge in [0.1, 0.15) is 0 Å². The van der Waals surface area contributed by atoms with Gasteiger partial charge < -0.3 is 9.73 Å². The van der Waals surface area contributed by atoms with E-state index in [1.54, 1.807) is 6.92 Å². The molecule has 4 nitrogen and oxygen atoms in total. The van der Waals surface area contributed by atoms with Gasteiger partial charge in [-0.1, -0.05) is 6.92 Å². The second-order valence-corrected chi connectivity index (χ2v) is 3.93. The number of hydrogen-bond donors (Lipinski definition) is 1. The molecule has 0 fully saturated rings. The number of alkyl halides is 1. The van der Waals surface area contributed by atoms with Crippen LogP contribution in [-0.4, -0.2) is 22.8 Å². The lowest BCUT2D eigenvalue weighted by Gasteiger charge is -2.06. The molecule has 0 aliphatic rings. The molecular formula is C10H15ClN2O2. The first kappa shape index (κ1) is 12.0. The Labute approximate surface area is 94.0 Å². The minimum Gasteiger partial charge on any atom is -0.438 e. The van der Waals surface area contributed by atoms with Crippen LogP contribution in [0, 0.1) is 6.92 Å². The number of aromatic nitrogens is 1. The standard InChI is InChI=1S/C10H15ClN2O2/c1-3-8(11)4-5-12-10(14)9-7(2)13-6-15-9/h6,8H,3-5H2,1-2H3,(H,12,14). The van der Waals surface area contributed by atoms with E-state index in [4.69, 9.17) is 16.0 Å². The molecule has 1 aromatic heterocycles. The fourth-order valence-corrected chi connectivity index (χ4v) is 1.26. The third-order valence-electron chi connectivity index (χ3n) is 2.14. The van der Waals surface area contributed by atoms with Gasteiger partial charge in [-0.05, 0) is 19.8 Å². The third-order valence-corrected chi connectivity index (χ3v) is 2.66. The van der Waals surface area contributed by atoms with E-state index in [2.05, 4.69) is 10.3 Å². The highest BCUT2D eigenvalue weighted by Crippen LogP contribution is 2.06. The van der Waals surface area contributed by atoms with E-state index in [9.17, 15) is 4.79 Å². The van der Waals surface area contributed by atoms with Crippen molar-refractivity contribution in [3.05, 3.63) is 17.8 Å². The predicted octanol–water partition coefficient (Wildman–Crippen LogP) is 2.12. The van der Waals surface area contributed by atoms with Gasteiger partial charge in [-0.2, -0.15) is 0 Å². The van der Waals surface area contributed by atoms with Gasteiger partial charge in [0.15, 0.2) is 6.39 Å². The van der Waals surface area contributed by atoms with E-state index in [0.717, 1.165) is 12.8 Å². The molecule has 1 rings (SSSR count).